The Morgan fingerprint density at radius 3 is 2.68 bits per heavy atom. The molecule has 5 aliphatic rings. The number of rotatable bonds is 6. The van der Waals surface area contributed by atoms with Crippen LogP contribution in [-0.4, -0.2) is 66.2 Å². The molecule has 0 radical (unpaired) electrons. The van der Waals surface area contributed by atoms with Crippen molar-refractivity contribution in [3.63, 3.8) is 0 Å². The van der Waals surface area contributed by atoms with Crippen LogP contribution < -0.4 is 10.1 Å². The van der Waals surface area contributed by atoms with Crippen molar-refractivity contribution in [3.05, 3.63) is 65.2 Å². The molecule has 3 aliphatic carbocycles. The molecule has 2 aliphatic heterocycles. The van der Waals surface area contributed by atoms with Crippen LogP contribution in [0.25, 0.3) is 0 Å². The third-order valence-corrected chi connectivity index (χ3v) is 11.1. The number of nitrogens with one attached hydrogen (secondary N) is 1. The molecule has 2 saturated heterocycles. The highest BCUT2D eigenvalue weighted by atomic mass is 16.6. The molecule has 2 amide bonds. The number of amides is 2. The number of carbonyl (C=O) groups is 2. The number of nitrogens with zero attached hydrogens (tertiary/aromatic N) is 2. The van der Waals surface area contributed by atoms with Crippen LogP contribution in [0, 0.1) is 17.3 Å². The fourth-order valence-corrected chi connectivity index (χ4v) is 9.94. The first-order chi connectivity index (χ1) is 19.7. The molecular weight excluding hydrogens is 514 g/mol. The first-order valence-electron chi connectivity index (χ1n) is 15.4. The summed E-state index contributed by atoms with van der Waals surface area (Å²) < 4.78 is 11.2. The Kier molecular flexibility index (Phi) is 6.20. The molecule has 218 valence electrons. The predicted molar refractivity (Wildman–Crippen MR) is 157 cm³/mol. The zero-order chi connectivity index (χ0) is 28.6. The minimum absolute atomic E-state index is 0.0242. The van der Waals surface area contributed by atoms with Crippen molar-refractivity contribution in [2.75, 3.05) is 26.7 Å². The number of methoxy groups -OCH3 is 1. The molecule has 1 N–H and O–H groups in total. The van der Waals surface area contributed by atoms with Crippen molar-refractivity contribution in [1.29, 1.82) is 0 Å². The Balaban J connectivity index is 1.23. The lowest BCUT2D eigenvalue weighted by Gasteiger charge is -2.66. The molecule has 41 heavy (non-hydrogen) atoms. The average Bonchev–Trinajstić information content (AvgIpc) is 3.31. The van der Waals surface area contributed by atoms with Gasteiger partial charge in [0, 0.05) is 49.0 Å². The van der Waals surface area contributed by atoms with Gasteiger partial charge >= 0.3 is 6.09 Å². The van der Waals surface area contributed by atoms with E-state index in [4.69, 9.17) is 9.47 Å². The summed E-state index contributed by atoms with van der Waals surface area (Å²) in [6, 6.07) is 17.8. The van der Waals surface area contributed by atoms with E-state index in [9.17, 15) is 9.59 Å². The maximum atomic E-state index is 14.2. The number of benzene rings is 2. The van der Waals surface area contributed by atoms with Crippen molar-refractivity contribution >= 4 is 12.0 Å². The quantitative estimate of drug-likeness (QED) is 0.546. The van der Waals surface area contributed by atoms with E-state index in [1.807, 2.05) is 26.8 Å². The molecule has 0 aromatic heterocycles. The first kappa shape index (κ1) is 26.8. The van der Waals surface area contributed by atoms with E-state index in [0.717, 1.165) is 50.9 Å². The third kappa shape index (κ3) is 3.94. The number of likely N-dealkylation sites (tertiary alicyclic amines) is 2. The van der Waals surface area contributed by atoms with Gasteiger partial charge in [-0.2, -0.15) is 0 Å². The van der Waals surface area contributed by atoms with E-state index < -0.39 is 5.60 Å². The molecule has 2 aromatic rings. The standard InChI is InChI=1S/C34H43N3O4/c1-32(2,3)41-31(39)35-15-17-36-16-14-34-26-19-24(40-4)11-10-23(26)18-28(36)33(34)13-12-27-29(34)25(20-33)30(38)37(27)21-22-8-6-5-7-9-22/h5-11,19,25,27-29H,12-18,20-21H2,1-4H3,(H,35,39)/t25-,27?,28?,29?,33?,34?/m0/s1. The van der Waals surface area contributed by atoms with Crippen molar-refractivity contribution in [1.82, 2.24) is 15.1 Å². The molecule has 2 aromatic carbocycles. The van der Waals surface area contributed by atoms with E-state index >= 15 is 0 Å². The summed E-state index contributed by atoms with van der Waals surface area (Å²) in [4.78, 5) is 31.4. The summed E-state index contributed by atoms with van der Waals surface area (Å²) >= 11 is 0. The highest BCUT2D eigenvalue weighted by Crippen LogP contribution is 2.75. The molecule has 6 atom stereocenters. The molecule has 4 fully saturated rings. The number of piperidine rings is 1. The monoisotopic (exact) mass is 557 g/mol. The zero-order valence-corrected chi connectivity index (χ0v) is 24.8. The van der Waals surface area contributed by atoms with Gasteiger partial charge in [-0.3, -0.25) is 9.69 Å². The van der Waals surface area contributed by atoms with Crippen molar-refractivity contribution in [2.45, 2.75) is 82.5 Å². The van der Waals surface area contributed by atoms with E-state index in [1.54, 1.807) is 7.11 Å². The summed E-state index contributed by atoms with van der Waals surface area (Å²) in [7, 11) is 1.76. The van der Waals surface area contributed by atoms with E-state index in [2.05, 4.69) is 57.6 Å². The Labute approximate surface area is 243 Å². The second-order valence-corrected chi connectivity index (χ2v) is 14.0. The second-order valence-electron chi connectivity index (χ2n) is 14.0. The van der Waals surface area contributed by atoms with Gasteiger partial charge in [-0.25, -0.2) is 4.79 Å². The third-order valence-electron chi connectivity index (χ3n) is 11.1. The van der Waals surface area contributed by atoms with Gasteiger partial charge in [0.2, 0.25) is 5.91 Å². The Bertz CT molecular complexity index is 1360. The van der Waals surface area contributed by atoms with Gasteiger partial charge in [0.05, 0.1) is 7.11 Å². The average molecular weight is 558 g/mol. The fraction of sp³-hybridized carbons (Fsp3) is 0.588. The molecule has 7 rings (SSSR count). The van der Waals surface area contributed by atoms with Gasteiger partial charge in [-0.1, -0.05) is 36.4 Å². The lowest BCUT2D eigenvalue weighted by Crippen LogP contribution is -2.70. The molecule has 0 spiro atoms. The fourth-order valence-electron chi connectivity index (χ4n) is 9.94. The smallest absolute Gasteiger partial charge is 0.407 e. The molecule has 4 bridgehead atoms. The Hall–Kier alpha value is -3.06. The summed E-state index contributed by atoms with van der Waals surface area (Å²) in [5, 5.41) is 2.99. The van der Waals surface area contributed by atoms with Crippen molar-refractivity contribution in [2.24, 2.45) is 17.3 Å². The van der Waals surface area contributed by atoms with Crippen LogP contribution in [0.15, 0.2) is 48.5 Å². The van der Waals surface area contributed by atoms with Gasteiger partial charge in [-0.15, -0.1) is 0 Å². The normalized spacial score (nSPS) is 33.3. The lowest BCUT2D eigenvalue weighted by molar-refractivity contribution is -0.138. The van der Waals surface area contributed by atoms with Crippen LogP contribution in [-0.2, 0) is 27.9 Å². The van der Waals surface area contributed by atoms with Crippen molar-refractivity contribution in [3.8, 4) is 5.75 Å². The number of ether oxygens (including phenoxy) is 2. The molecular formula is C34H43N3O4. The largest absolute Gasteiger partial charge is 0.497 e. The zero-order valence-electron chi connectivity index (χ0n) is 24.8. The number of hydrogen-bond acceptors (Lipinski definition) is 5. The van der Waals surface area contributed by atoms with Gasteiger partial charge < -0.3 is 19.7 Å². The summed E-state index contributed by atoms with van der Waals surface area (Å²) in [6.45, 7) is 8.70. The minimum atomic E-state index is -0.511. The van der Waals surface area contributed by atoms with E-state index in [-0.39, 0.29) is 28.9 Å². The van der Waals surface area contributed by atoms with Crippen LogP contribution in [0.2, 0.25) is 0 Å². The van der Waals surface area contributed by atoms with E-state index in [1.165, 1.54) is 16.7 Å². The minimum Gasteiger partial charge on any atom is -0.497 e. The summed E-state index contributed by atoms with van der Waals surface area (Å²) in [5.74, 6) is 1.69. The number of carbonyl (C=O) groups excluding carboxylic acids is 2. The summed E-state index contributed by atoms with van der Waals surface area (Å²) in [6.07, 6.45) is 4.85. The highest BCUT2D eigenvalue weighted by molar-refractivity contribution is 5.84. The van der Waals surface area contributed by atoms with Gasteiger partial charge in [0.25, 0.3) is 0 Å². The Morgan fingerprint density at radius 1 is 1.12 bits per heavy atom. The van der Waals surface area contributed by atoms with Crippen LogP contribution in [0.4, 0.5) is 4.79 Å². The van der Waals surface area contributed by atoms with Gasteiger partial charge in [-0.05, 0) is 93.7 Å². The first-order valence-corrected chi connectivity index (χ1v) is 15.4. The number of alkyl carbamates (subject to hydrolysis) is 1. The number of hydrogen-bond donors (Lipinski definition) is 1. The molecule has 7 nitrogen and oxygen atoms in total. The molecule has 2 heterocycles. The lowest BCUT2D eigenvalue weighted by atomic mass is 9.43. The summed E-state index contributed by atoms with van der Waals surface area (Å²) in [5.41, 5.74) is 3.60. The number of fused-ring (bicyclic) bond motifs is 1. The predicted octanol–water partition coefficient (Wildman–Crippen LogP) is 4.92. The van der Waals surface area contributed by atoms with Crippen LogP contribution in [0.5, 0.6) is 5.75 Å². The highest BCUT2D eigenvalue weighted by Gasteiger charge is 2.77. The second kappa shape index (κ2) is 9.48. The maximum Gasteiger partial charge on any atom is 0.407 e. The van der Waals surface area contributed by atoms with Gasteiger partial charge in [0.1, 0.15) is 11.4 Å². The SMILES string of the molecule is COc1ccc2c(c1)C13CCN(CCNC(=O)OC(C)(C)C)C(C2)C12CCC1C3[C@H](C2)C(=O)N1Cc1ccccc1. The van der Waals surface area contributed by atoms with Crippen molar-refractivity contribution < 1.29 is 19.1 Å². The van der Waals surface area contributed by atoms with Crippen LogP contribution in [0.1, 0.15) is 63.1 Å². The van der Waals surface area contributed by atoms with Gasteiger partial charge in [0.15, 0.2) is 0 Å². The maximum absolute atomic E-state index is 14.2. The molecule has 7 heteroatoms. The topological polar surface area (TPSA) is 71.1 Å². The Morgan fingerprint density at radius 2 is 1.93 bits per heavy atom. The molecule has 5 unspecified atom stereocenters. The molecule has 2 saturated carbocycles. The van der Waals surface area contributed by atoms with Crippen LogP contribution in [0.3, 0.4) is 0 Å². The van der Waals surface area contributed by atoms with Crippen LogP contribution >= 0.6 is 0 Å². The van der Waals surface area contributed by atoms with E-state index in [0.29, 0.717) is 31.0 Å².